The van der Waals surface area contributed by atoms with Crippen LogP contribution in [0.15, 0.2) is 42.5 Å². The van der Waals surface area contributed by atoms with E-state index in [-0.39, 0.29) is 48.5 Å². The van der Waals surface area contributed by atoms with E-state index in [9.17, 15) is 14.4 Å². The Morgan fingerprint density at radius 1 is 1.14 bits per heavy atom. The third-order valence-corrected chi connectivity index (χ3v) is 5.55. The molecule has 1 aliphatic heterocycles. The summed E-state index contributed by atoms with van der Waals surface area (Å²) in [5.74, 6) is -0.877. The Morgan fingerprint density at radius 2 is 1.90 bits per heavy atom. The fraction of sp³-hybridized carbons (Fsp3) is 0.318. The first kappa shape index (κ1) is 20.9. The van der Waals surface area contributed by atoms with Crippen LogP contribution in [0.2, 0.25) is 0 Å². The van der Waals surface area contributed by atoms with Gasteiger partial charge in [-0.25, -0.2) is 0 Å². The summed E-state index contributed by atoms with van der Waals surface area (Å²) >= 11 is 0. The molecule has 29 heavy (non-hydrogen) atoms. The van der Waals surface area contributed by atoms with Crippen molar-refractivity contribution in [1.29, 1.82) is 0 Å². The molecule has 1 saturated heterocycles. The smallest absolute Gasteiger partial charge is 0.251 e. The maximum atomic E-state index is 12.7. The molecule has 2 aromatic carbocycles. The molecule has 0 spiro atoms. The molecule has 4 N–H and O–H groups in total. The highest BCUT2D eigenvalue weighted by atomic mass is 35.5. The zero-order valence-electron chi connectivity index (χ0n) is 15.9. The second-order valence-corrected chi connectivity index (χ2v) is 7.59. The predicted octanol–water partition coefficient (Wildman–Crippen LogP) is 2.70. The van der Waals surface area contributed by atoms with Gasteiger partial charge in [0.15, 0.2) is 0 Å². The van der Waals surface area contributed by atoms with Gasteiger partial charge in [0.05, 0.1) is 12.0 Å². The third kappa shape index (κ3) is 4.59. The van der Waals surface area contributed by atoms with E-state index >= 15 is 0 Å². The van der Waals surface area contributed by atoms with Gasteiger partial charge in [0.2, 0.25) is 11.8 Å². The summed E-state index contributed by atoms with van der Waals surface area (Å²) in [5.41, 5.74) is 10.5. The molecular weight excluding hydrogens is 390 g/mol. The number of rotatable bonds is 4. The average Bonchev–Trinajstić information content (AvgIpc) is 2.99. The minimum atomic E-state index is -0.321. The highest BCUT2D eigenvalue weighted by Crippen LogP contribution is 2.31. The summed E-state index contributed by atoms with van der Waals surface area (Å²) in [6, 6.07) is 13.1. The molecule has 0 radical (unpaired) electrons. The molecule has 2 aliphatic rings. The molecule has 1 aliphatic carbocycles. The maximum absolute atomic E-state index is 12.7. The maximum Gasteiger partial charge on any atom is 0.251 e. The Bertz CT molecular complexity index is 943. The van der Waals surface area contributed by atoms with E-state index in [0.29, 0.717) is 12.0 Å². The van der Waals surface area contributed by atoms with Gasteiger partial charge in [0.25, 0.3) is 5.91 Å². The number of carbonyl (C=O) groups is 3. The van der Waals surface area contributed by atoms with Gasteiger partial charge in [-0.1, -0.05) is 18.2 Å². The van der Waals surface area contributed by atoms with Crippen molar-refractivity contribution in [1.82, 2.24) is 10.6 Å². The number of aryl methyl sites for hydroxylation is 1. The summed E-state index contributed by atoms with van der Waals surface area (Å²) in [4.78, 5) is 35.7. The van der Waals surface area contributed by atoms with E-state index in [0.717, 1.165) is 36.1 Å². The van der Waals surface area contributed by atoms with Crippen molar-refractivity contribution < 1.29 is 14.4 Å². The molecule has 1 fully saturated rings. The molecule has 0 aromatic heterocycles. The zero-order valence-corrected chi connectivity index (χ0v) is 16.8. The van der Waals surface area contributed by atoms with Gasteiger partial charge in [-0.15, -0.1) is 12.4 Å². The van der Waals surface area contributed by atoms with Crippen LogP contribution in [-0.2, 0) is 22.4 Å². The van der Waals surface area contributed by atoms with Crippen molar-refractivity contribution in [2.45, 2.75) is 38.1 Å². The van der Waals surface area contributed by atoms with Crippen LogP contribution in [0.1, 0.15) is 52.4 Å². The zero-order chi connectivity index (χ0) is 19.7. The molecule has 1 heterocycles. The quantitative estimate of drug-likeness (QED) is 0.529. The Balaban J connectivity index is 0.00000240. The van der Waals surface area contributed by atoms with Crippen LogP contribution >= 0.6 is 12.4 Å². The van der Waals surface area contributed by atoms with Gasteiger partial charge in [-0.05, 0) is 66.6 Å². The van der Waals surface area contributed by atoms with Crippen LogP contribution in [0.3, 0.4) is 0 Å². The van der Waals surface area contributed by atoms with Gasteiger partial charge < -0.3 is 11.1 Å². The van der Waals surface area contributed by atoms with Crippen LogP contribution in [-0.4, -0.2) is 17.7 Å². The first-order chi connectivity index (χ1) is 13.5. The standard InChI is InChI=1S/C22H23N3O3.ClH/c23-17-8-9-18-15(11-17)2-1-3-19(18)24-21(27)14-6-4-13(5-7-14)10-16-12-20(26)25-22(16)28;/h4-9,11,16,19H,1-3,10,12,23H2,(H,24,27)(H,25,26,28);1H. The van der Waals surface area contributed by atoms with Crippen LogP contribution in [0.5, 0.6) is 0 Å². The van der Waals surface area contributed by atoms with Crippen LogP contribution < -0.4 is 16.4 Å². The molecule has 6 nitrogen and oxygen atoms in total. The van der Waals surface area contributed by atoms with Crippen molar-refractivity contribution in [3.63, 3.8) is 0 Å². The lowest BCUT2D eigenvalue weighted by molar-refractivity contribution is -0.125. The normalized spacial score (nSPS) is 20.4. The first-order valence-corrected chi connectivity index (χ1v) is 9.61. The van der Waals surface area contributed by atoms with E-state index in [1.165, 1.54) is 5.56 Å². The van der Waals surface area contributed by atoms with Crippen molar-refractivity contribution in [3.8, 4) is 0 Å². The number of halogens is 1. The number of nitrogens with one attached hydrogen (secondary N) is 2. The number of fused-ring (bicyclic) bond motifs is 1. The number of hydrogen-bond donors (Lipinski definition) is 3. The molecular formula is C22H24ClN3O3. The van der Waals surface area contributed by atoms with Gasteiger partial charge >= 0.3 is 0 Å². The Morgan fingerprint density at radius 3 is 2.59 bits per heavy atom. The van der Waals surface area contributed by atoms with Crippen molar-refractivity contribution in [3.05, 3.63) is 64.7 Å². The lowest BCUT2D eigenvalue weighted by Gasteiger charge is -2.26. The number of benzene rings is 2. The Kier molecular flexibility index (Phi) is 6.23. The molecule has 2 unspecified atom stereocenters. The molecule has 3 amide bonds. The second kappa shape index (κ2) is 8.66. The lowest BCUT2D eigenvalue weighted by atomic mass is 9.87. The van der Waals surface area contributed by atoms with Gasteiger partial charge in [0, 0.05) is 17.7 Å². The number of hydrogen-bond acceptors (Lipinski definition) is 4. The van der Waals surface area contributed by atoms with E-state index in [1.807, 2.05) is 30.3 Å². The Hall–Kier alpha value is -2.86. The monoisotopic (exact) mass is 413 g/mol. The molecule has 0 bridgehead atoms. The summed E-state index contributed by atoms with van der Waals surface area (Å²) in [5, 5.41) is 5.45. The molecule has 2 atom stereocenters. The second-order valence-electron chi connectivity index (χ2n) is 7.59. The molecule has 7 heteroatoms. The summed E-state index contributed by atoms with van der Waals surface area (Å²) in [6.07, 6.45) is 3.64. The summed E-state index contributed by atoms with van der Waals surface area (Å²) in [7, 11) is 0. The minimum absolute atomic E-state index is 0. The van der Waals surface area contributed by atoms with Crippen LogP contribution in [0.4, 0.5) is 5.69 Å². The number of amides is 3. The molecule has 2 aromatic rings. The lowest BCUT2D eigenvalue weighted by Crippen LogP contribution is -2.31. The van der Waals surface area contributed by atoms with Gasteiger partial charge in [0.1, 0.15) is 0 Å². The van der Waals surface area contributed by atoms with Crippen molar-refractivity contribution in [2.24, 2.45) is 5.92 Å². The topological polar surface area (TPSA) is 101 Å². The average molecular weight is 414 g/mol. The van der Waals surface area contributed by atoms with E-state index in [2.05, 4.69) is 10.6 Å². The SMILES string of the molecule is Cl.Nc1ccc2c(c1)CCCC2NC(=O)c1ccc(CC2CC(=O)NC2=O)cc1. The van der Waals surface area contributed by atoms with E-state index < -0.39 is 0 Å². The third-order valence-electron chi connectivity index (χ3n) is 5.55. The first-order valence-electron chi connectivity index (χ1n) is 9.61. The van der Waals surface area contributed by atoms with Crippen molar-refractivity contribution >= 4 is 35.8 Å². The highest BCUT2D eigenvalue weighted by Gasteiger charge is 2.30. The van der Waals surface area contributed by atoms with E-state index in [1.54, 1.807) is 12.1 Å². The molecule has 0 saturated carbocycles. The number of nitrogen functional groups attached to an aromatic ring is 1. The number of imide groups is 1. The fourth-order valence-electron chi connectivity index (χ4n) is 4.07. The number of carbonyl (C=O) groups excluding carboxylic acids is 3. The summed E-state index contributed by atoms with van der Waals surface area (Å²) in [6.45, 7) is 0. The predicted molar refractivity (Wildman–Crippen MR) is 113 cm³/mol. The molecule has 152 valence electrons. The fourth-order valence-corrected chi connectivity index (χ4v) is 4.07. The van der Waals surface area contributed by atoms with Gasteiger partial charge in [-0.2, -0.15) is 0 Å². The molecule has 4 rings (SSSR count). The van der Waals surface area contributed by atoms with Crippen LogP contribution in [0, 0.1) is 5.92 Å². The van der Waals surface area contributed by atoms with E-state index in [4.69, 9.17) is 5.73 Å². The number of nitrogens with two attached hydrogens (primary N) is 1. The minimum Gasteiger partial charge on any atom is -0.399 e. The van der Waals surface area contributed by atoms with Gasteiger partial charge in [-0.3, -0.25) is 19.7 Å². The highest BCUT2D eigenvalue weighted by molar-refractivity contribution is 6.03. The number of anilines is 1. The largest absolute Gasteiger partial charge is 0.399 e. The van der Waals surface area contributed by atoms with Crippen LogP contribution in [0.25, 0.3) is 0 Å². The van der Waals surface area contributed by atoms with Crippen molar-refractivity contribution in [2.75, 3.05) is 5.73 Å². The Labute approximate surface area is 175 Å². The summed E-state index contributed by atoms with van der Waals surface area (Å²) < 4.78 is 0.